The van der Waals surface area contributed by atoms with E-state index in [-0.39, 0.29) is 11.6 Å². The number of rotatable bonds is 10. The summed E-state index contributed by atoms with van der Waals surface area (Å²) in [5.74, 6) is -2.05. The molecule has 0 spiro atoms. The van der Waals surface area contributed by atoms with E-state index in [1.54, 1.807) is 33.8 Å². The van der Waals surface area contributed by atoms with Crippen molar-refractivity contribution >= 4 is 26.5 Å². The maximum Gasteiger partial charge on any atom is 0.411 e. The van der Waals surface area contributed by atoms with E-state index in [4.69, 9.17) is 9.16 Å². The number of hydrogen-bond donors (Lipinski definition) is 1. The number of carboxylic acid groups (broad SMARTS) is 1. The van der Waals surface area contributed by atoms with Crippen molar-refractivity contribution in [3.05, 3.63) is 77.9 Å². The second-order valence-corrected chi connectivity index (χ2v) is 17.1. The smallest absolute Gasteiger partial charge is 0.411 e. The number of benzene rings is 2. The molecule has 2 aromatic rings. The lowest BCUT2D eigenvalue weighted by molar-refractivity contribution is -0.147. The first-order chi connectivity index (χ1) is 17.5. The van der Waals surface area contributed by atoms with Crippen LogP contribution < -0.4 is 0 Å². The number of ether oxygens (including phenoxy) is 1. The van der Waals surface area contributed by atoms with Crippen LogP contribution >= 0.6 is 0 Å². The molecule has 3 atom stereocenters. The summed E-state index contributed by atoms with van der Waals surface area (Å²) in [5.41, 5.74) is 1.03. The molecule has 0 aliphatic rings. The Morgan fingerprint density at radius 2 is 1.47 bits per heavy atom. The Hall–Kier alpha value is -2.90. The molecular weight excluding hydrogens is 494 g/mol. The van der Waals surface area contributed by atoms with Crippen LogP contribution in [0.4, 0.5) is 4.79 Å². The zero-order valence-electron chi connectivity index (χ0n) is 24.4. The molecule has 0 aromatic heterocycles. The van der Waals surface area contributed by atoms with Crippen molar-refractivity contribution < 1.29 is 23.9 Å². The average molecular weight is 540 g/mol. The Bertz CT molecular complexity index is 1070. The third kappa shape index (κ3) is 9.13. The zero-order chi connectivity index (χ0) is 28.7. The summed E-state index contributed by atoms with van der Waals surface area (Å²) in [6.07, 6.45) is 2.43. The van der Waals surface area contributed by atoms with Gasteiger partial charge >= 0.3 is 12.1 Å². The van der Waals surface area contributed by atoms with Crippen LogP contribution in [0.1, 0.15) is 59.6 Å². The van der Waals surface area contributed by atoms with Gasteiger partial charge in [-0.15, -0.1) is 0 Å². The molecule has 0 fully saturated rings. The molecule has 0 aliphatic carbocycles. The molecule has 38 heavy (non-hydrogen) atoms. The molecule has 6 nitrogen and oxygen atoms in total. The second-order valence-electron chi connectivity index (χ2n) is 12.3. The minimum Gasteiger partial charge on any atom is -0.481 e. The highest BCUT2D eigenvalue weighted by molar-refractivity contribution is 6.74. The van der Waals surface area contributed by atoms with E-state index in [0.717, 1.165) is 11.1 Å². The van der Waals surface area contributed by atoms with Crippen LogP contribution in [-0.4, -0.2) is 48.1 Å². The van der Waals surface area contributed by atoms with Crippen LogP contribution in [0.15, 0.2) is 66.7 Å². The number of amides is 1. The van der Waals surface area contributed by atoms with Gasteiger partial charge in [0.15, 0.2) is 8.32 Å². The largest absolute Gasteiger partial charge is 0.481 e. The molecule has 0 bridgehead atoms. The van der Waals surface area contributed by atoms with Gasteiger partial charge in [0.1, 0.15) is 11.5 Å². The molecule has 1 N–H and O–H groups in total. The van der Waals surface area contributed by atoms with Crippen molar-refractivity contribution in [3.8, 4) is 0 Å². The first kappa shape index (κ1) is 31.3. The molecule has 1 amide bonds. The molecule has 0 saturated heterocycles. The van der Waals surface area contributed by atoms with Crippen LogP contribution in [-0.2, 0) is 20.5 Å². The van der Waals surface area contributed by atoms with Crippen molar-refractivity contribution in [2.75, 3.05) is 0 Å². The van der Waals surface area contributed by atoms with Crippen molar-refractivity contribution in [2.45, 2.75) is 90.9 Å². The Morgan fingerprint density at radius 3 is 1.95 bits per heavy atom. The van der Waals surface area contributed by atoms with Gasteiger partial charge in [0.05, 0.1) is 12.1 Å². The maximum atomic E-state index is 13.7. The van der Waals surface area contributed by atoms with Gasteiger partial charge in [0.2, 0.25) is 0 Å². The molecule has 0 heterocycles. The summed E-state index contributed by atoms with van der Waals surface area (Å²) in [6.45, 7) is 18.0. The lowest BCUT2D eigenvalue weighted by Crippen LogP contribution is -2.53. The Morgan fingerprint density at radius 1 is 0.947 bits per heavy atom. The molecule has 0 aliphatic heterocycles. The van der Waals surface area contributed by atoms with E-state index < -0.39 is 44.0 Å². The van der Waals surface area contributed by atoms with Crippen LogP contribution in [0.3, 0.4) is 0 Å². The molecule has 7 heteroatoms. The predicted molar refractivity (Wildman–Crippen MR) is 156 cm³/mol. The summed E-state index contributed by atoms with van der Waals surface area (Å²) in [6, 6.07) is 18.3. The third-order valence-corrected chi connectivity index (χ3v) is 11.5. The van der Waals surface area contributed by atoms with Crippen molar-refractivity contribution in [3.63, 3.8) is 0 Å². The fourth-order valence-corrected chi connectivity index (χ4v) is 5.35. The lowest BCUT2D eigenvalue weighted by Gasteiger charge is -2.42. The molecule has 2 aromatic carbocycles. The summed E-state index contributed by atoms with van der Waals surface area (Å²) in [5, 5.41) is 10.5. The standard InChI is InChI=1S/C31H45NO5Si/c1-23(37-38(8,9)31(5,6)7)27(28(33)34)26(21-20-24-16-12-10-13-17-24)32(29(35)36-30(2,3)4)22-25-18-14-11-15-19-25/h10-21,23,26-27H,22H2,1-9H3,(H,33,34)/b21-20+/t23-,26+,27-/m0/s1. The van der Waals surface area contributed by atoms with Gasteiger partial charge in [-0.2, -0.15) is 0 Å². The van der Waals surface area contributed by atoms with Crippen molar-refractivity contribution in [1.29, 1.82) is 0 Å². The molecule has 0 unspecified atom stereocenters. The van der Waals surface area contributed by atoms with Gasteiger partial charge in [-0.1, -0.05) is 93.6 Å². The van der Waals surface area contributed by atoms with E-state index in [1.807, 2.05) is 66.7 Å². The summed E-state index contributed by atoms with van der Waals surface area (Å²) < 4.78 is 12.4. The quantitative estimate of drug-likeness (QED) is 0.314. The molecular formula is C31H45NO5Si. The van der Waals surface area contributed by atoms with Gasteiger partial charge in [-0.3, -0.25) is 9.69 Å². The van der Waals surface area contributed by atoms with Crippen LogP contribution in [0.5, 0.6) is 0 Å². The van der Waals surface area contributed by atoms with Crippen molar-refractivity contribution in [2.24, 2.45) is 5.92 Å². The highest BCUT2D eigenvalue weighted by Crippen LogP contribution is 2.39. The Kier molecular flexibility index (Phi) is 10.5. The number of carboxylic acids is 1. The third-order valence-electron chi connectivity index (χ3n) is 6.91. The number of hydrogen-bond acceptors (Lipinski definition) is 4. The average Bonchev–Trinajstić information content (AvgIpc) is 2.79. The minimum atomic E-state index is -2.31. The maximum absolute atomic E-state index is 13.7. The fourth-order valence-electron chi connectivity index (χ4n) is 3.92. The van der Waals surface area contributed by atoms with Gasteiger partial charge in [0, 0.05) is 6.54 Å². The lowest BCUT2D eigenvalue weighted by atomic mass is 9.92. The first-order valence-corrected chi connectivity index (χ1v) is 16.1. The van der Waals surface area contributed by atoms with Crippen LogP contribution in [0.25, 0.3) is 6.08 Å². The number of carbonyl (C=O) groups is 2. The van der Waals surface area contributed by atoms with Gasteiger partial charge in [0.25, 0.3) is 0 Å². The number of carbonyl (C=O) groups excluding carboxylic acids is 1. The number of nitrogens with zero attached hydrogens (tertiary/aromatic N) is 1. The van der Waals surface area contributed by atoms with Gasteiger partial charge in [-0.05, 0) is 57.0 Å². The Balaban J connectivity index is 2.64. The number of aliphatic carboxylic acids is 1. The fraction of sp³-hybridized carbons (Fsp3) is 0.484. The van der Waals surface area contributed by atoms with E-state index in [1.165, 1.54) is 4.90 Å². The normalized spacial score (nSPS) is 15.1. The highest BCUT2D eigenvalue weighted by atomic mass is 28.4. The second kappa shape index (κ2) is 12.8. The summed E-state index contributed by atoms with van der Waals surface area (Å²) >= 11 is 0. The highest BCUT2D eigenvalue weighted by Gasteiger charge is 2.45. The predicted octanol–water partition coefficient (Wildman–Crippen LogP) is 7.62. The zero-order valence-corrected chi connectivity index (χ0v) is 25.4. The summed E-state index contributed by atoms with van der Waals surface area (Å²) in [7, 11) is -2.31. The minimum absolute atomic E-state index is 0.103. The monoisotopic (exact) mass is 539 g/mol. The van der Waals surface area contributed by atoms with Gasteiger partial charge < -0.3 is 14.3 Å². The van der Waals surface area contributed by atoms with Gasteiger partial charge in [-0.25, -0.2) is 4.79 Å². The van der Waals surface area contributed by atoms with E-state index in [2.05, 4.69) is 33.9 Å². The van der Waals surface area contributed by atoms with Crippen molar-refractivity contribution in [1.82, 2.24) is 4.90 Å². The van der Waals surface area contributed by atoms with E-state index in [0.29, 0.717) is 0 Å². The molecule has 0 saturated carbocycles. The summed E-state index contributed by atoms with van der Waals surface area (Å²) in [4.78, 5) is 28.1. The van der Waals surface area contributed by atoms with Crippen LogP contribution in [0, 0.1) is 5.92 Å². The molecule has 2 rings (SSSR count). The molecule has 0 radical (unpaired) electrons. The topological polar surface area (TPSA) is 76.1 Å². The first-order valence-electron chi connectivity index (χ1n) is 13.2. The van der Waals surface area contributed by atoms with E-state index in [9.17, 15) is 14.7 Å². The molecule has 208 valence electrons. The van der Waals surface area contributed by atoms with E-state index >= 15 is 0 Å². The Labute approximate surface area is 229 Å². The SMILES string of the molecule is C[C@H](O[Si](C)(C)C(C)(C)C)[C@H](C(=O)O)[C@@H](/C=C/c1ccccc1)N(Cc1ccccc1)C(=O)OC(C)(C)C. The van der Waals surface area contributed by atoms with Crippen LogP contribution in [0.2, 0.25) is 18.1 Å².